The topological polar surface area (TPSA) is 74.7 Å². The van der Waals surface area contributed by atoms with E-state index in [9.17, 15) is 0 Å². The number of piperazine rings is 1. The predicted molar refractivity (Wildman–Crippen MR) is 121 cm³/mol. The van der Waals surface area contributed by atoms with Crippen molar-refractivity contribution in [2.24, 2.45) is 4.99 Å². The lowest BCUT2D eigenvalue weighted by Crippen LogP contribution is -2.52. The van der Waals surface area contributed by atoms with Crippen LogP contribution >= 0.6 is 0 Å². The number of nitrogens with zero attached hydrogens (tertiary/aromatic N) is 6. The Hall–Kier alpha value is -3.13. The summed E-state index contributed by atoms with van der Waals surface area (Å²) < 4.78 is 7.56. The van der Waals surface area contributed by atoms with Gasteiger partial charge in [-0.3, -0.25) is 4.90 Å². The number of aryl methyl sites for hydroxylation is 1. The molecular formula is C23H31N7O. The first-order valence-corrected chi connectivity index (χ1v) is 11.0. The number of furan rings is 1. The Morgan fingerprint density at radius 1 is 1.10 bits per heavy atom. The smallest absolute Gasteiger partial charge is 0.194 e. The number of aliphatic imine (C=N–C) groups is 1. The molecule has 31 heavy (non-hydrogen) atoms. The van der Waals surface area contributed by atoms with Crippen molar-refractivity contribution in [3.05, 3.63) is 72.2 Å². The Bertz CT molecular complexity index is 928. The molecule has 164 valence electrons. The Kier molecular flexibility index (Phi) is 7.33. The second-order valence-corrected chi connectivity index (χ2v) is 7.69. The van der Waals surface area contributed by atoms with Crippen molar-refractivity contribution in [1.29, 1.82) is 0 Å². The van der Waals surface area contributed by atoms with E-state index < -0.39 is 0 Å². The van der Waals surface area contributed by atoms with Gasteiger partial charge in [0.2, 0.25) is 0 Å². The summed E-state index contributed by atoms with van der Waals surface area (Å²) in [5.74, 6) is 2.81. The molecule has 0 bridgehead atoms. The molecule has 1 N–H and O–H groups in total. The summed E-state index contributed by atoms with van der Waals surface area (Å²) in [5, 5.41) is 11.7. The van der Waals surface area contributed by atoms with E-state index in [2.05, 4.69) is 67.1 Å². The molecule has 0 radical (unpaired) electrons. The molecule has 4 rings (SSSR count). The van der Waals surface area contributed by atoms with Crippen LogP contribution in [0.5, 0.6) is 0 Å². The summed E-state index contributed by atoms with van der Waals surface area (Å²) in [4.78, 5) is 9.68. The maximum atomic E-state index is 5.47. The van der Waals surface area contributed by atoms with E-state index in [4.69, 9.17) is 9.41 Å². The van der Waals surface area contributed by atoms with Gasteiger partial charge in [0.1, 0.15) is 24.5 Å². The zero-order valence-electron chi connectivity index (χ0n) is 18.2. The predicted octanol–water partition coefficient (Wildman–Crippen LogP) is 2.40. The van der Waals surface area contributed by atoms with Gasteiger partial charge in [0.15, 0.2) is 5.96 Å². The molecule has 8 nitrogen and oxygen atoms in total. The lowest BCUT2D eigenvalue weighted by Gasteiger charge is -2.36. The molecule has 0 amide bonds. The number of hydrogen-bond acceptors (Lipinski definition) is 5. The molecular weight excluding hydrogens is 390 g/mol. The molecule has 0 unspecified atom stereocenters. The highest BCUT2D eigenvalue weighted by Gasteiger charge is 2.20. The summed E-state index contributed by atoms with van der Waals surface area (Å²) in [6.45, 7) is 9.13. The molecule has 1 saturated heterocycles. The maximum Gasteiger partial charge on any atom is 0.194 e. The molecule has 0 spiro atoms. The van der Waals surface area contributed by atoms with Crippen LogP contribution in [0, 0.1) is 0 Å². The van der Waals surface area contributed by atoms with Crippen LogP contribution in [-0.4, -0.2) is 63.2 Å². The first-order valence-electron chi connectivity index (χ1n) is 11.0. The van der Waals surface area contributed by atoms with Crippen LogP contribution in [0.2, 0.25) is 0 Å². The molecule has 1 fully saturated rings. The largest absolute Gasteiger partial charge is 0.467 e. The number of rotatable bonds is 8. The van der Waals surface area contributed by atoms with Gasteiger partial charge in [-0.1, -0.05) is 37.3 Å². The number of benzene rings is 1. The standard InChI is InChI=1S/C23H31N7O/c1-2-22-27-26-19-30(22)11-10-24-23(25-17-21-9-6-16-31-21)29-14-12-28(13-15-29)18-20-7-4-3-5-8-20/h3-9,16,19H,2,10-15,17-18H2,1H3,(H,24,25). The summed E-state index contributed by atoms with van der Waals surface area (Å²) in [6.07, 6.45) is 4.37. The van der Waals surface area contributed by atoms with E-state index in [1.165, 1.54) is 5.56 Å². The number of nitrogens with one attached hydrogen (secondary N) is 1. The summed E-state index contributed by atoms with van der Waals surface area (Å²) in [7, 11) is 0. The van der Waals surface area contributed by atoms with Crippen LogP contribution in [0.3, 0.4) is 0 Å². The zero-order chi connectivity index (χ0) is 21.3. The summed E-state index contributed by atoms with van der Waals surface area (Å²) in [6, 6.07) is 14.5. The normalized spacial score (nSPS) is 15.4. The average molecular weight is 422 g/mol. The quantitative estimate of drug-likeness (QED) is 0.445. The van der Waals surface area contributed by atoms with Crippen LogP contribution in [-0.2, 0) is 26.1 Å². The summed E-state index contributed by atoms with van der Waals surface area (Å²) in [5.41, 5.74) is 1.36. The van der Waals surface area contributed by atoms with Crippen LogP contribution in [0.4, 0.5) is 0 Å². The lowest BCUT2D eigenvalue weighted by atomic mass is 10.2. The highest BCUT2D eigenvalue weighted by Crippen LogP contribution is 2.10. The van der Waals surface area contributed by atoms with Crippen molar-refractivity contribution in [3.8, 4) is 0 Å². The van der Waals surface area contributed by atoms with Crippen molar-refractivity contribution in [2.45, 2.75) is 33.0 Å². The Balaban J connectivity index is 1.34. The molecule has 3 heterocycles. The molecule has 0 aliphatic carbocycles. The van der Waals surface area contributed by atoms with Gasteiger partial charge in [0, 0.05) is 52.2 Å². The van der Waals surface area contributed by atoms with Gasteiger partial charge in [-0.15, -0.1) is 10.2 Å². The molecule has 0 atom stereocenters. The van der Waals surface area contributed by atoms with Crippen molar-refractivity contribution in [2.75, 3.05) is 32.7 Å². The molecule has 1 aliphatic rings. The van der Waals surface area contributed by atoms with Gasteiger partial charge >= 0.3 is 0 Å². The highest BCUT2D eigenvalue weighted by molar-refractivity contribution is 5.80. The van der Waals surface area contributed by atoms with Gasteiger partial charge in [-0.25, -0.2) is 4.99 Å². The van der Waals surface area contributed by atoms with Crippen molar-refractivity contribution in [3.63, 3.8) is 0 Å². The third-order valence-electron chi connectivity index (χ3n) is 5.53. The maximum absolute atomic E-state index is 5.47. The third-order valence-corrected chi connectivity index (χ3v) is 5.53. The molecule has 8 heteroatoms. The molecule has 2 aromatic heterocycles. The SMILES string of the molecule is CCc1nncn1CCNC(=NCc1ccco1)N1CCN(Cc2ccccc2)CC1. The minimum absolute atomic E-state index is 0.534. The number of hydrogen-bond donors (Lipinski definition) is 1. The highest BCUT2D eigenvalue weighted by atomic mass is 16.3. The van der Waals surface area contributed by atoms with E-state index in [0.29, 0.717) is 6.54 Å². The Labute approximate surface area is 183 Å². The van der Waals surface area contributed by atoms with E-state index in [0.717, 1.165) is 69.8 Å². The Morgan fingerprint density at radius 3 is 2.68 bits per heavy atom. The van der Waals surface area contributed by atoms with E-state index in [1.54, 1.807) is 12.6 Å². The first-order chi connectivity index (χ1) is 15.3. The monoisotopic (exact) mass is 421 g/mol. The van der Waals surface area contributed by atoms with Crippen LogP contribution in [0.25, 0.3) is 0 Å². The lowest BCUT2D eigenvalue weighted by molar-refractivity contribution is 0.172. The van der Waals surface area contributed by atoms with Crippen molar-refractivity contribution >= 4 is 5.96 Å². The minimum Gasteiger partial charge on any atom is -0.467 e. The fraction of sp³-hybridized carbons (Fsp3) is 0.435. The van der Waals surface area contributed by atoms with E-state index in [-0.39, 0.29) is 0 Å². The van der Waals surface area contributed by atoms with E-state index >= 15 is 0 Å². The van der Waals surface area contributed by atoms with Gasteiger partial charge in [-0.2, -0.15) is 0 Å². The molecule has 0 saturated carbocycles. The minimum atomic E-state index is 0.534. The Morgan fingerprint density at radius 2 is 1.94 bits per heavy atom. The fourth-order valence-electron chi connectivity index (χ4n) is 3.81. The van der Waals surface area contributed by atoms with Crippen molar-refractivity contribution in [1.82, 2.24) is 29.9 Å². The number of guanidine groups is 1. The van der Waals surface area contributed by atoms with Gasteiger partial charge in [0.25, 0.3) is 0 Å². The average Bonchev–Trinajstić information content (AvgIpc) is 3.49. The fourth-order valence-corrected chi connectivity index (χ4v) is 3.81. The zero-order valence-corrected chi connectivity index (χ0v) is 18.2. The van der Waals surface area contributed by atoms with Crippen LogP contribution < -0.4 is 5.32 Å². The van der Waals surface area contributed by atoms with Gasteiger partial charge < -0.3 is 19.2 Å². The molecule has 3 aromatic rings. The van der Waals surface area contributed by atoms with Crippen LogP contribution in [0.1, 0.15) is 24.1 Å². The van der Waals surface area contributed by atoms with Crippen molar-refractivity contribution < 1.29 is 4.42 Å². The first kappa shape index (κ1) is 21.1. The summed E-state index contributed by atoms with van der Waals surface area (Å²) >= 11 is 0. The third kappa shape index (κ3) is 5.95. The van der Waals surface area contributed by atoms with Gasteiger partial charge in [0.05, 0.1) is 6.26 Å². The number of aromatic nitrogens is 3. The van der Waals surface area contributed by atoms with Crippen LogP contribution in [0.15, 0.2) is 64.5 Å². The second kappa shape index (κ2) is 10.8. The van der Waals surface area contributed by atoms with E-state index in [1.807, 2.05) is 12.1 Å². The molecule has 1 aliphatic heterocycles. The molecule has 1 aromatic carbocycles. The van der Waals surface area contributed by atoms with Gasteiger partial charge in [-0.05, 0) is 17.7 Å². The second-order valence-electron chi connectivity index (χ2n) is 7.69.